The Kier molecular flexibility index (Phi) is 4.67. The highest BCUT2D eigenvalue weighted by Crippen LogP contribution is 2.35. The molecule has 1 aliphatic heterocycles. The molecular formula is C19H12ClNO4S2. The second-order valence-corrected chi connectivity index (χ2v) is 8.35. The van der Waals surface area contributed by atoms with Crippen molar-refractivity contribution in [2.45, 2.75) is 13.5 Å². The van der Waals surface area contributed by atoms with Gasteiger partial charge in [0.1, 0.15) is 5.58 Å². The van der Waals surface area contributed by atoms with Crippen molar-refractivity contribution in [2.24, 2.45) is 0 Å². The zero-order valence-corrected chi connectivity index (χ0v) is 16.4. The number of halogens is 1. The van der Waals surface area contributed by atoms with Gasteiger partial charge in [-0.2, -0.15) is 0 Å². The summed E-state index contributed by atoms with van der Waals surface area (Å²) in [6.07, 6.45) is 1.70. The van der Waals surface area contributed by atoms with E-state index in [1.54, 1.807) is 25.1 Å². The number of rotatable bonds is 3. The monoisotopic (exact) mass is 417 g/mol. The van der Waals surface area contributed by atoms with Crippen LogP contribution in [0.15, 0.2) is 49.8 Å². The highest BCUT2D eigenvalue weighted by molar-refractivity contribution is 8.18. The summed E-state index contributed by atoms with van der Waals surface area (Å²) < 4.78 is 5.23. The van der Waals surface area contributed by atoms with E-state index in [1.165, 1.54) is 17.4 Å². The van der Waals surface area contributed by atoms with Gasteiger partial charge in [0.25, 0.3) is 11.1 Å². The maximum absolute atomic E-state index is 12.7. The van der Waals surface area contributed by atoms with Gasteiger partial charge in [-0.05, 0) is 59.5 Å². The van der Waals surface area contributed by atoms with Crippen LogP contribution in [0.5, 0.6) is 0 Å². The smallest absolute Gasteiger partial charge is 0.336 e. The standard InChI is InChI=1S/C19H12ClNO4S2/c1-10-5-15-13(8-14(10)20)11(6-17(22)25-15)9-21-18(23)16(27-19(21)24)7-12-3-2-4-26-12/h2-8H,9H2,1H3/b16-7-. The molecule has 1 aromatic carbocycles. The largest absolute Gasteiger partial charge is 0.423 e. The van der Waals surface area contributed by atoms with Crippen molar-refractivity contribution >= 4 is 62.9 Å². The number of thiophene rings is 1. The number of benzene rings is 1. The molecule has 1 fully saturated rings. The van der Waals surface area contributed by atoms with Gasteiger partial charge in [-0.25, -0.2) is 4.79 Å². The molecule has 0 N–H and O–H groups in total. The van der Waals surface area contributed by atoms with Crippen LogP contribution in [0.1, 0.15) is 16.0 Å². The predicted octanol–water partition coefficient (Wildman–Crippen LogP) is 5.05. The Morgan fingerprint density at radius 1 is 1.22 bits per heavy atom. The number of thioether (sulfide) groups is 1. The van der Waals surface area contributed by atoms with Gasteiger partial charge in [0.15, 0.2) is 0 Å². The average molecular weight is 418 g/mol. The summed E-state index contributed by atoms with van der Waals surface area (Å²) in [4.78, 5) is 39.4. The first-order valence-electron chi connectivity index (χ1n) is 7.94. The van der Waals surface area contributed by atoms with Crippen molar-refractivity contribution < 1.29 is 14.0 Å². The van der Waals surface area contributed by atoms with Crippen LogP contribution >= 0.6 is 34.7 Å². The van der Waals surface area contributed by atoms with Gasteiger partial charge >= 0.3 is 5.63 Å². The van der Waals surface area contributed by atoms with Crippen molar-refractivity contribution in [3.05, 3.63) is 72.1 Å². The van der Waals surface area contributed by atoms with Crippen LogP contribution in [0.25, 0.3) is 17.0 Å². The molecule has 0 aliphatic carbocycles. The Morgan fingerprint density at radius 3 is 2.78 bits per heavy atom. The highest BCUT2D eigenvalue weighted by Gasteiger charge is 2.35. The number of carbonyl (C=O) groups is 2. The molecule has 1 aliphatic rings. The van der Waals surface area contributed by atoms with Gasteiger partial charge in [-0.3, -0.25) is 14.5 Å². The minimum atomic E-state index is -0.541. The van der Waals surface area contributed by atoms with E-state index in [2.05, 4.69) is 0 Å². The third kappa shape index (κ3) is 3.45. The van der Waals surface area contributed by atoms with E-state index in [4.69, 9.17) is 16.0 Å². The van der Waals surface area contributed by atoms with Crippen molar-refractivity contribution in [1.82, 2.24) is 4.90 Å². The fourth-order valence-corrected chi connectivity index (χ4v) is 4.51. The molecule has 0 radical (unpaired) electrons. The Labute approximate surface area is 167 Å². The molecule has 0 unspecified atom stereocenters. The number of nitrogens with zero attached hydrogens (tertiary/aromatic N) is 1. The molecule has 2 aromatic heterocycles. The van der Waals surface area contributed by atoms with E-state index < -0.39 is 5.63 Å². The summed E-state index contributed by atoms with van der Waals surface area (Å²) in [5.41, 5.74) is 1.12. The van der Waals surface area contributed by atoms with Crippen LogP contribution in [-0.4, -0.2) is 16.0 Å². The molecular weight excluding hydrogens is 406 g/mol. The third-order valence-electron chi connectivity index (χ3n) is 4.13. The van der Waals surface area contributed by atoms with Gasteiger partial charge in [-0.1, -0.05) is 17.7 Å². The molecule has 3 heterocycles. The van der Waals surface area contributed by atoms with Crippen molar-refractivity contribution in [3.8, 4) is 0 Å². The Morgan fingerprint density at radius 2 is 2.04 bits per heavy atom. The van der Waals surface area contributed by atoms with Crippen LogP contribution in [0.3, 0.4) is 0 Å². The minimum absolute atomic E-state index is 0.0199. The number of aryl methyl sites for hydroxylation is 1. The summed E-state index contributed by atoms with van der Waals surface area (Å²) in [5.74, 6) is -0.377. The first-order valence-corrected chi connectivity index (χ1v) is 10.0. The average Bonchev–Trinajstić information content (AvgIpc) is 3.21. The Hall–Kier alpha value is -2.35. The molecule has 4 rings (SSSR count). The van der Waals surface area contributed by atoms with Crippen LogP contribution < -0.4 is 5.63 Å². The molecule has 0 saturated carbocycles. The molecule has 0 atom stereocenters. The van der Waals surface area contributed by atoms with Crippen molar-refractivity contribution in [1.29, 1.82) is 0 Å². The normalized spacial score (nSPS) is 16.1. The highest BCUT2D eigenvalue weighted by atomic mass is 35.5. The number of amides is 2. The van der Waals surface area contributed by atoms with Crippen LogP contribution in [-0.2, 0) is 11.3 Å². The number of fused-ring (bicyclic) bond motifs is 1. The van der Waals surface area contributed by atoms with Crippen molar-refractivity contribution in [3.63, 3.8) is 0 Å². The van der Waals surface area contributed by atoms with E-state index in [0.717, 1.165) is 27.1 Å². The molecule has 0 bridgehead atoms. The number of imide groups is 1. The topological polar surface area (TPSA) is 67.6 Å². The third-order valence-corrected chi connectivity index (χ3v) is 6.26. The maximum atomic E-state index is 12.7. The first-order chi connectivity index (χ1) is 12.9. The van der Waals surface area contributed by atoms with Crippen LogP contribution in [0, 0.1) is 6.92 Å². The lowest BCUT2D eigenvalue weighted by molar-refractivity contribution is -0.123. The fraction of sp³-hybridized carbons (Fsp3) is 0.105. The summed E-state index contributed by atoms with van der Waals surface area (Å²) in [6, 6.07) is 8.40. The fourth-order valence-electron chi connectivity index (χ4n) is 2.79. The minimum Gasteiger partial charge on any atom is -0.423 e. The molecule has 3 aromatic rings. The molecule has 1 saturated heterocycles. The van der Waals surface area contributed by atoms with Gasteiger partial charge in [-0.15, -0.1) is 11.3 Å². The zero-order valence-electron chi connectivity index (χ0n) is 14.0. The quantitative estimate of drug-likeness (QED) is 0.440. The van der Waals surface area contributed by atoms with Gasteiger partial charge in [0, 0.05) is 21.4 Å². The number of hydrogen-bond donors (Lipinski definition) is 0. The molecule has 0 spiro atoms. The number of hydrogen-bond acceptors (Lipinski definition) is 6. The predicted molar refractivity (Wildman–Crippen MR) is 108 cm³/mol. The van der Waals surface area contributed by atoms with Crippen molar-refractivity contribution in [2.75, 3.05) is 0 Å². The molecule has 5 nitrogen and oxygen atoms in total. The maximum Gasteiger partial charge on any atom is 0.336 e. The summed E-state index contributed by atoms with van der Waals surface area (Å²) >= 11 is 8.57. The van der Waals surface area contributed by atoms with E-state index >= 15 is 0 Å². The molecule has 136 valence electrons. The lowest BCUT2D eigenvalue weighted by atomic mass is 10.1. The van der Waals surface area contributed by atoms with Crippen LogP contribution in [0.4, 0.5) is 4.79 Å². The Balaban J connectivity index is 1.72. The van der Waals surface area contributed by atoms with Gasteiger partial charge < -0.3 is 4.42 Å². The molecule has 8 heteroatoms. The first kappa shape index (κ1) is 18.0. The second-order valence-electron chi connectivity index (χ2n) is 5.97. The molecule has 27 heavy (non-hydrogen) atoms. The second kappa shape index (κ2) is 6.99. The van der Waals surface area contributed by atoms with E-state index in [0.29, 0.717) is 26.5 Å². The Bertz CT molecular complexity index is 1160. The van der Waals surface area contributed by atoms with E-state index in [9.17, 15) is 14.4 Å². The van der Waals surface area contributed by atoms with E-state index in [1.807, 2.05) is 17.5 Å². The van der Waals surface area contributed by atoms with Crippen LogP contribution in [0.2, 0.25) is 5.02 Å². The SMILES string of the molecule is Cc1cc2oc(=O)cc(CN3C(=O)S/C(=C\c4cccs4)C3=O)c2cc1Cl. The van der Waals surface area contributed by atoms with E-state index in [-0.39, 0.29) is 17.7 Å². The summed E-state index contributed by atoms with van der Waals surface area (Å²) in [5, 5.41) is 2.65. The summed E-state index contributed by atoms with van der Waals surface area (Å²) in [6.45, 7) is 1.79. The van der Waals surface area contributed by atoms with Gasteiger partial charge in [0.2, 0.25) is 0 Å². The zero-order chi connectivity index (χ0) is 19.1. The molecule has 2 amide bonds. The number of carbonyl (C=O) groups excluding carboxylic acids is 2. The van der Waals surface area contributed by atoms with Gasteiger partial charge in [0.05, 0.1) is 11.4 Å². The lowest BCUT2D eigenvalue weighted by Gasteiger charge is -2.14. The summed E-state index contributed by atoms with van der Waals surface area (Å²) in [7, 11) is 0. The lowest BCUT2D eigenvalue weighted by Crippen LogP contribution is -2.28.